The van der Waals surface area contributed by atoms with Crippen LogP contribution in [-0.4, -0.2) is 17.6 Å². The van der Waals surface area contributed by atoms with Gasteiger partial charge in [0.05, 0.1) is 12.6 Å². The van der Waals surface area contributed by atoms with E-state index in [1.807, 2.05) is 29.8 Å². The summed E-state index contributed by atoms with van der Waals surface area (Å²) >= 11 is 0. The number of carbonyl (C=O) groups excluding carboxylic acids is 1. The van der Waals surface area contributed by atoms with Crippen molar-refractivity contribution in [1.29, 1.82) is 0 Å². The molecule has 2 rings (SSSR count). The lowest BCUT2D eigenvalue weighted by Crippen LogP contribution is -2.05. The lowest BCUT2D eigenvalue weighted by Gasteiger charge is -2.05. The van der Waals surface area contributed by atoms with Crippen LogP contribution in [0.1, 0.15) is 13.3 Å². The Hall–Kier alpha value is -2.10. The second-order valence-electron chi connectivity index (χ2n) is 4.25. The molecule has 0 spiro atoms. The van der Waals surface area contributed by atoms with Gasteiger partial charge in [0, 0.05) is 18.3 Å². The summed E-state index contributed by atoms with van der Waals surface area (Å²) in [6.45, 7) is 2.42. The number of ether oxygens (including phenoxy) is 1. The van der Waals surface area contributed by atoms with E-state index in [0.29, 0.717) is 18.5 Å². The minimum absolute atomic E-state index is 0.264. The number of allylic oxidation sites excluding steroid dienone is 1. The van der Waals surface area contributed by atoms with Crippen molar-refractivity contribution in [3.05, 3.63) is 47.9 Å². The van der Waals surface area contributed by atoms with Crippen LogP contribution >= 0.6 is 0 Å². The zero-order chi connectivity index (χ0) is 13.8. The molecule has 1 heterocycles. The summed E-state index contributed by atoms with van der Waals surface area (Å²) in [4.78, 5) is 11.5. The van der Waals surface area contributed by atoms with Crippen LogP contribution < -0.4 is 0 Å². The molecule has 0 radical (unpaired) electrons. The van der Waals surface area contributed by atoms with Crippen LogP contribution in [0.4, 0.5) is 4.39 Å². The van der Waals surface area contributed by atoms with Crippen molar-refractivity contribution >= 4 is 16.9 Å². The van der Waals surface area contributed by atoms with Gasteiger partial charge in [-0.2, -0.15) is 0 Å². The molecular formula is C15H16FNO2. The minimum atomic E-state index is -0.315. The number of halogens is 1. The molecule has 0 aliphatic carbocycles. The van der Waals surface area contributed by atoms with E-state index in [9.17, 15) is 9.18 Å². The third kappa shape index (κ3) is 2.84. The molecule has 1 aromatic carbocycles. The van der Waals surface area contributed by atoms with E-state index >= 15 is 0 Å². The van der Waals surface area contributed by atoms with Crippen molar-refractivity contribution < 1.29 is 13.9 Å². The Labute approximate surface area is 111 Å². The Balaban J connectivity index is 2.28. The Morgan fingerprint density at radius 3 is 2.89 bits per heavy atom. The van der Waals surface area contributed by atoms with E-state index in [2.05, 4.69) is 0 Å². The SMILES string of the molecule is CCC(=CCn1ccc2ccc(F)cc21)C(=O)OC. The van der Waals surface area contributed by atoms with E-state index < -0.39 is 0 Å². The van der Waals surface area contributed by atoms with Crippen LogP contribution in [0, 0.1) is 5.82 Å². The molecule has 0 unspecified atom stereocenters. The normalized spacial score (nSPS) is 11.8. The molecule has 19 heavy (non-hydrogen) atoms. The molecule has 0 aliphatic rings. The summed E-state index contributed by atoms with van der Waals surface area (Å²) in [5.41, 5.74) is 1.44. The van der Waals surface area contributed by atoms with E-state index in [0.717, 1.165) is 10.9 Å². The number of hydrogen-bond donors (Lipinski definition) is 0. The molecular weight excluding hydrogens is 245 g/mol. The van der Waals surface area contributed by atoms with Crippen LogP contribution in [-0.2, 0) is 16.1 Å². The maximum absolute atomic E-state index is 13.2. The van der Waals surface area contributed by atoms with Gasteiger partial charge in [0.15, 0.2) is 0 Å². The van der Waals surface area contributed by atoms with Gasteiger partial charge in [0.1, 0.15) is 5.82 Å². The predicted molar refractivity (Wildman–Crippen MR) is 72.3 cm³/mol. The van der Waals surface area contributed by atoms with Crippen LogP contribution in [0.15, 0.2) is 42.1 Å². The lowest BCUT2D eigenvalue weighted by atomic mass is 10.2. The number of aromatic nitrogens is 1. The largest absolute Gasteiger partial charge is 0.466 e. The zero-order valence-corrected chi connectivity index (χ0v) is 11.0. The Morgan fingerprint density at radius 1 is 1.42 bits per heavy atom. The fraction of sp³-hybridized carbons (Fsp3) is 0.267. The standard InChI is InChI=1S/C15H16FNO2/c1-3-11(15(18)19-2)6-8-17-9-7-12-4-5-13(16)10-14(12)17/h4-7,9-10H,3,8H2,1-2H3. The Bertz CT molecular complexity index is 628. The first kappa shape index (κ1) is 13.3. The average Bonchev–Trinajstić information content (AvgIpc) is 2.81. The number of esters is 1. The number of carbonyl (C=O) groups is 1. The van der Waals surface area contributed by atoms with E-state index in [1.54, 1.807) is 6.07 Å². The number of nitrogens with zero attached hydrogens (tertiary/aromatic N) is 1. The van der Waals surface area contributed by atoms with Gasteiger partial charge in [-0.1, -0.05) is 13.0 Å². The van der Waals surface area contributed by atoms with Crippen molar-refractivity contribution in [1.82, 2.24) is 4.57 Å². The molecule has 4 heteroatoms. The summed E-state index contributed by atoms with van der Waals surface area (Å²) in [6, 6.07) is 6.60. The number of benzene rings is 1. The fourth-order valence-electron chi connectivity index (χ4n) is 2.03. The van der Waals surface area contributed by atoms with Crippen molar-refractivity contribution in [3.63, 3.8) is 0 Å². The summed E-state index contributed by atoms with van der Waals surface area (Å²) in [6.07, 6.45) is 4.31. The predicted octanol–water partition coefficient (Wildman–Crippen LogP) is 3.29. The Kier molecular flexibility index (Phi) is 4.00. The summed E-state index contributed by atoms with van der Waals surface area (Å²) in [5, 5.41) is 0.978. The summed E-state index contributed by atoms with van der Waals surface area (Å²) in [7, 11) is 1.37. The van der Waals surface area contributed by atoms with Gasteiger partial charge in [0.2, 0.25) is 0 Å². The number of hydrogen-bond acceptors (Lipinski definition) is 2. The van der Waals surface area contributed by atoms with Gasteiger partial charge in [-0.25, -0.2) is 9.18 Å². The van der Waals surface area contributed by atoms with E-state index in [1.165, 1.54) is 19.2 Å². The van der Waals surface area contributed by atoms with Crippen LogP contribution in [0.5, 0.6) is 0 Å². The summed E-state index contributed by atoms with van der Waals surface area (Å²) in [5.74, 6) is -0.578. The number of rotatable bonds is 4. The fourth-order valence-corrected chi connectivity index (χ4v) is 2.03. The van der Waals surface area contributed by atoms with Gasteiger partial charge < -0.3 is 9.30 Å². The smallest absolute Gasteiger partial charge is 0.333 e. The monoisotopic (exact) mass is 261 g/mol. The highest BCUT2D eigenvalue weighted by atomic mass is 19.1. The second-order valence-corrected chi connectivity index (χ2v) is 4.25. The van der Waals surface area contributed by atoms with Gasteiger partial charge in [0.25, 0.3) is 0 Å². The molecule has 0 bridgehead atoms. The highest BCUT2D eigenvalue weighted by Gasteiger charge is 2.07. The first-order chi connectivity index (χ1) is 9.15. The molecule has 0 N–H and O–H groups in total. The van der Waals surface area contributed by atoms with Gasteiger partial charge in [-0.05, 0) is 36.1 Å². The van der Waals surface area contributed by atoms with Crippen molar-refractivity contribution in [3.8, 4) is 0 Å². The molecule has 0 aliphatic heterocycles. The minimum Gasteiger partial charge on any atom is -0.466 e. The maximum Gasteiger partial charge on any atom is 0.333 e. The number of fused-ring (bicyclic) bond motifs is 1. The topological polar surface area (TPSA) is 31.2 Å². The highest BCUT2D eigenvalue weighted by molar-refractivity contribution is 5.88. The first-order valence-electron chi connectivity index (χ1n) is 6.17. The molecule has 100 valence electrons. The summed E-state index contributed by atoms with van der Waals surface area (Å²) < 4.78 is 19.8. The maximum atomic E-state index is 13.2. The third-order valence-electron chi connectivity index (χ3n) is 3.10. The molecule has 3 nitrogen and oxygen atoms in total. The van der Waals surface area contributed by atoms with Crippen molar-refractivity contribution in [2.45, 2.75) is 19.9 Å². The third-order valence-corrected chi connectivity index (χ3v) is 3.10. The quantitative estimate of drug-likeness (QED) is 0.624. The molecule has 0 saturated heterocycles. The van der Waals surface area contributed by atoms with Crippen molar-refractivity contribution in [2.24, 2.45) is 0 Å². The van der Waals surface area contributed by atoms with Gasteiger partial charge in [-0.3, -0.25) is 0 Å². The van der Waals surface area contributed by atoms with Crippen molar-refractivity contribution in [2.75, 3.05) is 7.11 Å². The zero-order valence-electron chi connectivity index (χ0n) is 11.0. The lowest BCUT2D eigenvalue weighted by molar-refractivity contribution is -0.136. The van der Waals surface area contributed by atoms with E-state index in [4.69, 9.17) is 4.74 Å². The second kappa shape index (κ2) is 5.69. The van der Waals surface area contributed by atoms with Gasteiger partial charge >= 0.3 is 5.97 Å². The molecule has 2 aromatic rings. The molecule has 0 saturated carbocycles. The highest BCUT2D eigenvalue weighted by Crippen LogP contribution is 2.17. The molecule has 1 aromatic heterocycles. The molecule has 0 fully saturated rings. The van der Waals surface area contributed by atoms with Crippen LogP contribution in [0.2, 0.25) is 0 Å². The Morgan fingerprint density at radius 2 is 2.21 bits per heavy atom. The van der Waals surface area contributed by atoms with Crippen LogP contribution in [0.25, 0.3) is 10.9 Å². The van der Waals surface area contributed by atoms with Crippen LogP contribution in [0.3, 0.4) is 0 Å². The average molecular weight is 261 g/mol. The number of methoxy groups -OCH3 is 1. The first-order valence-corrected chi connectivity index (χ1v) is 6.17. The molecule has 0 amide bonds. The van der Waals surface area contributed by atoms with E-state index in [-0.39, 0.29) is 11.8 Å². The van der Waals surface area contributed by atoms with Gasteiger partial charge in [-0.15, -0.1) is 0 Å². The molecule has 0 atom stereocenters.